The zero-order valence-electron chi connectivity index (χ0n) is 20.0. The van der Waals surface area contributed by atoms with E-state index < -0.39 is 69.7 Å². The minimum absolute atomic E-state index is 0.0468. The zero-order chi connectivity index (χ0) is 27.3. The highest BCUT2D eigenvalue weighted by atomic mass is 31.3. The standard InChI is InChI=1S/C18H31N4O12P2/c1-17(2)7-10(8-18(3,4)22(17)26)33-36(29,30)34-35(27,28)31-9-11-13(23)14(24)15(32-11)21-6-5-12(19)20-16(21)25/h5-6,10-11,13-15,23-24H,7-9H2,1-4H3,(H,27,28)(H,29,30)(H2,19,20,25)/t11-,13-,14-,15-/m1/s1. The number of phosphoric acid groups is 2. The Morgan fingerprint density at radius 2 is 1.72 bits per heavy atom. The second-order valence-electron chi connectivity index (χ2n) is 9.96. The van der Waals surface area contributed by atoms with Crippen molar-refractivity contribution in [3.05, 3.63) is 22.7 Å². The predicted octanol–water partition coefficient (Wildman–Crippen LogP) is 0.0624. The van der Waals surface area contributed by atoms with E-state index in [0.29, 0.717) is 0 Å². The number of nitrogens with zero attached hydrogens (tertiary/aromatic N) is 3. The fraction of sp³-hybridized carbons (Fsp3) is 0.778. The molecule has 0 aliphatic carbocycles. The Labute approximate surface area is 206 Å². The van der Waals surface area contributed by atoms with Crippen LogP contribution in [0.25, 0.3) is 0 Å². The van der Waals surface area contributed by atoms with Gasteiger partial charge in [0.1, 0.15) is 24.1 Å². The summed E-state index contributed by atoms with van der Waals surface area (Å²) in [6.07, 6.45) is -5.84. The molecule has 1 aromatic rings. The summed E-state index contributed by atoms with van der Waals surface area (Å²) in [5.74, 6) is -0.0797. The van der Waals surface area contributed by atoms with Crippen LogP contribution < -0.4 is 11.4 Å². The van der Waals surface area contributed by atoms with Crippen molar-refractivity contribution in [2.45, 2.75) is 82.3 Å². The van der Waals surface area contributed by atoms with Crippen LogP contribution in [0, 0.1) is 0 Å². The van der Waals surface area contributed by atoms with Crippen LogP contribution in [0.4, 0.5) is 5.82 Å². The number of rotatable bonds is 8. The van der Waals surface area contributed by atoms with Gasteiger partial charge in [-0.1, -0.05) is 0 Å². The minimum atomic E-state index is -5.25. The molecule has 1 aromatic heterocycles. The van der Waals surface area contributed by atoms with Gasteiger partial charge in [-0.2, -0.15) is 9.29 Å². The maximum Gasteiger partial charge on any atom is 0.481 e. The molecule has 36 heavy (non-hydrogen) atoms. The number of aromatic nitrogens is 2. The first-order valence-electron chi connectivity index (χ1n) is 10.9. The molecular formula is C18H31N4O12P2. The molecule has 2 saturated heterocycles. The number of aliphatic hydroxyl groups excluding tert-OH is 2. The van der Waals surface area contributed by atoms with Crippen molar-refractivity contribution in [2.24, 2.45) is 0 Å². The van der Waals surface area contributed by atoms with Gasteiger partial charge in [0, 0.05) is 17.3 Å². The molecule has 1 radical (unpaired) electrons. The Morgan fingerprint density at radius 1 is 1.14 bits per heavy atom. The smallest absolute Gasteiger partial charge is 0.387 e. The van der Waals surface area contributed by atoms with Crippen LogP contribution in [0.15, 0.2) is 17.1 Å². The topological polar surface area (TPSA) is 236 Å². The third kappa shape index (κ3) is 6.59. The first-order valence-corrected chi connectivity index (χ1v) is 13.9. The van der Waals surface area contributed by atoms with Crippen molar-refractivity contribution in [1.82, 2.24) is 14.6 Å². The summed E-state index contributed by atoms with van der Waals surface area (Å²) in [5.41, 5.74) is 2.65. The fourth-order valence-electron chi connectivity index (χ4n) is 4.49. The number of nitrogens with two attached hydrogens (primary N) is 1. The minimum Gasteiger partial charge on any atom is -0.387 e. The number of hydroxylamine groups is 2. The summed E-state index contributed by atoms with van der Waals surface area (Å²) < 4.78 is 45.1. The van der Waals surface area contributed by atoms with E-state index in [-0.39, 0.29) is 18.7 Å². The number of aliphatic hydroxyl groups is 2. The van der Waals surface area contributed by atoms with Gasteiger partial charge >= 0.3 is 21.3 Å². The highest BCUT2D eigenvalue weighted by Gasteiger charge is 2.50. The van der Waals surface area contributed by atoms with Crippen LogP contribution in [0.3, 0.4) is 0 Å². The number of anilines is 1. The Kier molecular flexibility index (Phi) is 8.25. The molecule has 2 unspecified atom stereocenters. The highest BCUT2D eigenvalue weighted by Crippen LogP contribution is 2.62. The lowest BCUT2D eigenvalue weighted by Crippen LogP contribution is -2.59. The maximum absolute atomic E-state index is 12.4. The number of piperidine rings is 1. The van der Waals surface area contributed by atoms with Crippen molar-refractivity contribution in [1.29, 1.82) is 0 Å². The molecule has 0 aromatic carbocycles. The normalized spacial score (nSPS) is 32.1. The predicted molar refractivity (Wildman–Crippen MR) is 120 cm³/mol. The highest BCUT2D eigenvalue weighted by molar-refractivity contribution is 7.61. The number of hydrogen-bond acceptors (Lipinski definition) is 12. The monoisotopic (exact) mass is 557 g/mol. The summed E-state index contributed by atoms with van der Waals surface area (Å²) in [4.78, 5) is 35.5. The van der Waals surface area contributed by atoms with Crippen LogP contribution >= 0.6 is 15.6 Å². The number of nitrogen functional groups attached to an aromatic ring is 1. The summed E-state index contributed by atoms with van der Waals surface area (Å²) in [6.45, 7) is 5.65. The molecule has 6 N–H and O–H groups in total. The number of ether oxygens (including phenoxy) is 1. The summed E-state index contributed by atoms with van der Waals surface area (Å²) in [5, 5.41) is 33.7. The van der Waals surface area contributed by atoms with E-state index in [1.54, 1.807) is 27.7 Å². The average molecular weight is 557 g/mol. The Balaban J connectivity index is 1.61. The molecular weight excluding hydrogens is 526 g/mol. The molecule has 3 heterocycles. The molecule has 6 atom stereocenters. The third-order valence-electron chi connectivity index (χ3n) is 5.91. The molecule has 0 amide bonds. The van der Waals surface area contributed by atoms with Crippen molar-refractivity contribution in [3.63, 3.8) is 0 Å². The van der Waals surface area contributed by atoms with Crippen molar-refractivity contribution in [2.75, 3.05) is 12.3 Å². The average Bonchev–Trinajstić information content (AvgIpc) is 2.97. The lowest BCUT2D eigenvalue weighted by Gasteiger charge is -2.49. The maximum atomic E-state index is 12.4. The Morgan fingerprint density at radius 3 is 2.28 bits per heavy atom. The van der Waals surface area contributed by atoms with Crippen LogP contribution in [-0.2, 0) is 32.4 Å². The zero-order valence-corrected chi connectivity index (χ0v) is 21.8. The molecule has 2 fully saturated rings. The van der Waals surface area contributed by atoms with Gasteiger partial charge in [0.25, 0.3) is 0 Å². The van der Waals surface area contributed by atoms with E-state index in [0.717, 1.165) is 9.63 Å². The third-order valence-corrected chi connectivity index (χ3v) is 8.60. The first-order chi connectivity index (χ1) is 16.3. The molecule has 16 nitrogen and oxygen atoms in total. The van der Waals surface area contributed by atoms with Crippen LogP contribution in [0.5, 0.6) is 0 Å². The molecule has 0 saturated carbocycles. The van der Waals surface area contributed by atoms with E-state index in [2.05, 4.69) is 13.8 Å². The van der Waals surface area contributed by atoms with Crippen molar-refractivity contribution < 1.29 is 52.4 Å². The SMILES string of the molecule is CC1(C)CC(OP(=O)(O)OP(=O)(O)OC[C@H]2O[C@@H](n3ccc(N)nc3=O)[C@H](O)[C@@H]2O)CC(C)(C)N1[O]. The fourth-order valence-corrected chi connectivity index (χ4v) is 6.74. The van der Waals surface area contributed by atoms with E-state index in [1.165, 1.54) is 12.3 Å². The van der Waals surface area contributed by atoms with Gasteiger partial charge in [-0.15, -0.1) is 10.3 Å². The van der Waals surface area contributed by atoms with E-state index in [4.69, 9.17) is 15.0 Å². The molecule has 0 bridgehead atoms. The molecule has 18 heteroatoms. The van der Waals surface area contributed by atoms with E-state index >= 15 is 0 Å². The molecule has 0 spiro atoms. The van der Waals surface area contributed by atoms with Gasteiger partial charge < -0.3 is 30.5 Å². The molecule has 2 aliphatic heterocycles. The van der Waals surface area contributed by atoms with Gasteiger partial charge in [-0.05, 0) is 46.6 Å². The van der Waals surface area contributed by atoms with Gasteiger partial charge in [0.15, 0.2) is 6.23 Å². The Hall–Kier alpha value is -1.26. The van der Waals surface area contributed by atoms with Crippen LogP contribution in [-0.4, -0.2) is 76.7 Å². The molecule has 205 valence electrons. The van der Waals surface area contributed by atoms with Crippen LogP contribution in [0.1, 0.15) is 46.8 Å². The number of phosphoric ester groups is 2. The van der Waals surface area contributed by atoms with Gasteiger partial charge in [0.2, 0.25) is 0 Å². The Bertz CT molecular complexity index is 1100. The number of hydrogen-bond donors (Lipinski definition) is 5. The van der Waals surface area contributed by atoms with E-state index in [1.807, 2.05) is 0 Å². The second kappa shape index (κ2) is 10.1. The van der Waals surface area contributed by atoms with Gasteiger partial charge in [-0.3, -0.25) is 13.6 Å². The van der Waals surface area contributed by atoms with Crippen molar-refractivity contribution in [3.8, 4) is 0 Å². The summed E-state index contributed by atoms with van der Waals surface area (Å²) in [6, 6.07) is 1.26. The van der Waals surface area contributed by atoms with Gasteiger partial charge in [-0.25, -0.2) is 13.9 Å². The quantitative estimate of drug-likeness (QED) is 0.266. The lowest BCUT2D eigenvalue weighted by molar-refractivity contribution is -0.297. The van der Waals surface area contributed by atoms with Crippen molar-refractivity contribution >= 4 is 21.5 Å². The lowest BCUT2D eigenvalue weighted by atomic mass is 9.80. The largest absolute Gasteiger partial charge is 0.481 e. The van der Waals surface area contributed by atoms with Crippen LogP contribution in [0.2, 0.25) is 0 Å². The first kappa shape index (κ1) is 29.3. The summed E-state index contributed by atoms with van der Waals surface area (Å²) >= 11 is 0. The molecule has 3 rings (SSSR count). The van der Waals surface area contributed by atoms with E-state index in [9.17, 15) is 39.1 Å². The molecule has 2 aliphatic rings. The summed E-state index contributed by atoms with van der Waals surface area (Å²) in [7, 11) is -10.4. The van der Waals surface area contributed by atoms with Gasteiger partial charge in [0.05, 0.1) is 12.7 Å². The second-order valence-corrected chi connectivity index (χ2v) is 13.0.